The molecule has 1 fully saturated rings. The summed E-state index contributed by atoms with van der Waals surface area (Å²) >= 11 is 0. The van der Waals surface area contributed by atoms with Gasteiger partial charge in [-0.15, -0.1) is 0 Å². The van der Waals surface area contributed by atoms with Gasteiger partial charge in [-0.25, -0.2) is 4.98 Å². The second kappa shape index (κ2) is 5.05. The van der Waals surface area contributed by atoms with Crippen LogP contribution in [0.4, 0.5) is 5.82 Å². The fraction of sp³-hybridized carbons (Fsp3) is 0.400. The van der Waals surface area contributed by atoms with Gasteiger partial charge >= 0.3 is 0 Å². The highest BCUT2D eigenvalue weighted by atomic mass is 16.5. The van der Waals surface area contributed by atoms with Crippen LogP contribution in [0.1, 0.15) is 12.8 Å². The van der Waals surface area contributed by atoms with E-state index in [4.69, 9.17) is 10.5 Å². The van der Waals surface area contributed by atoms with Crippen LogP contribution in [0.15, 0.2) is 30.5 Å². The quantitative estimate of drug-likeness (QED) is 0.896. The SMILES string of the molecule is COc1ccc2ccnc(N3CCC[C@@H](N)C3)c2c1. The number of hydrogen-bond donors (Lipinski definition) is 1. The summed E-state index contributed by atoms with van der Waals surface area (Å²) < 4.78 is 5.31. The molecule has 2 heterocycles. The molecule has 1 aliphatic rings. The van der Waals surface area contributed by atoms with Crippen molar-refractivity contribution >= 4 is 16.6 Å². The summed E-state index contributed by atoms with van der Waals surface area (Å²) in [5.41, 5.74) is 6.07. The first-order valence-electron chi connectivity index (χ1n) is 6.71. The van der Waals surface area contributed by atoms with Gasteiger partial charge in [0.15, 0.2) is 0 Å². The van der Waals surface area contributed by atoms with Crippen LogP contribution < -0.4 is 15.4 Å². The lowest BCUT2D eigenvalue weighted by Gasteiger charge is -2.32. The number of hydrogen-bond acceptors (Lipinski definition) is 4. The minimum Gasteiger partial charge on any atom is -0.497 e. The summed E-state index contributed by atoms with van der Waals surface area (Å²) in [6.07, 6.45) is 4.10. The van der Waals surface area contributed by atoms with E-state index in [1.54, 1.807) is 7.11 Å². The molecular weight excluding hydrogens is 238 g/mol. The van der Waals surface area contributed by atoms with Gasteiger partial charge in [-0.05, 0) is 36.4 Å². The van der Waals surface area contributed by atoms with Gasteiger partial charge in [0.05, 0.1) is 7.11 Å². The highest BCUT2D eigenvalue weighted by molar-refractivity contribution is 5.93. The Hall–Kier alpha value is -1.81. The first-order chi connectivity index (χ1) is 9.28. The monoisotopic (exact) mass is 257 g/mol. The fourth-order valence-corrected chi connectivity index (χ4v) is 2.71. The molecule has 1 saturated heterocycles. The van der Waals surface area contributed by atoms with Gasteiger partial charge in [0, 0.05) is 30.7 Å². The van der Waals surface area contributed by atoms with Crippen LogP contribution >= 0.6 is 0 Å². The van der Waals surface area contributed by atoms with E-state index < -0.39 is 0 Å². The molecule has 100 valence electrons. The maximum atomic E-state index is 6.07. The molecule has 0 bridgehead atoms. The molecule has 0 spiro atoms. The Morgan fingerprint density at radius 1 is 1.37 bits per heavy atom. The number of pyridine rings is 1. The predicted molar refractivity (Wildman–Crippen MR) is 77.7 cm³/mol. The normalized spacial score (nSPS) is 19.7. The van der Waals surface area contributed by atoms with Crippen LogP contribution in [0.5, 0.6) is 5.75 Å². The summed E-state index contributed by atoms with van der Waals surface area (Å²) in [7, 11) is 1.69. The number of piperidine rings is 1. The number of rotatable bonds is 2. The third kappa shape index (κ3) is 2.36. The molecule has 1 aromatic heterocycles. The minimum atomic E-state index is 0.247. The van der Waals surface area contributed by atoms with Gasteiger partial charge in [-0.2, -0.15) is 0 Å². The van der Waals surface area contributed by atoms with E-state index in [2.05, 4.69) is 22.0 Å². The Bertz CT molecular complexity index is 585. The predicted octanol–water partition coefficient (Wildman–Crippen LogP) is 2.17. The van der Waals surface area contributed by atoms with Crippen LogP contribution in [0.3, 0.4) is 0 Å². The second-order valence-corrected chi connectivity index (χ2v) is 5.07. The molecule has 1 atom stereocenters. The van der Waals surface area contributed by atoms with E-state index in [1.807, 2.05) is 18.3 Å². The average Bonchev–Trinajstić information content (AvgIpc) is 2.46. The molecule has 0 radical (unpaired) electrons. The molecular formula is C15H19N3O. The smallest absolute Gasteiger partial charge is 0.136 e. The minimum absolute atomic E-state index is 0.247. The van der Waals surface area contributed by atoms with E-state index in [1.165, 1.54) is 5.39 Å². The summed E-state index contributed by atoms with van der Waals surface area (Å²) in [6.45, 7) is 1.90. The zero-order valence-electron chi connectivity index (χ0n) is 11.2. The van der Waals surface area contributed by atoms with Crippen molar-refractivity contribution in [2.24, 2.45) is 5.73 Å². The third-order valence-corrected chi connectivity index (χ3v) is 3.71. The number of nitrogens with zero attached hydrogens (tertiary/aromatic N) is 2. The van der Waals surface area contributed by atoms with E-state index in [0.717, 1.165) is 42.9 Å². The number of anilines is 1. The first-order valence-corrected chi connectivity index (χ1v) is 6.71. The number of fused-ring (bicyclic) bond motifs is 1. The van der Waals surface area contributed by atoms with Crippen molar-refractivity contribution in [1.82, 2.24) is 4.98 Å². The standard InChI is InChI=1S/C15H19N3O/c1-19-13-5-4-11-6-7-17-15(14(11)9-13)18-8-2-3-12(16)10-18/h4-7,9,12H,2-3,8,10,16H2,1H3/t12-/m1/s1. The van der Waals surface area contributed by atoms with Gasteiger partial charge in [-0.3, -0.25) is 0 Å². The van der Waals surface area contributed by atoms with Gasteiger partial charge in [0.2, 0.25) is 0 Å². The lowest BCUT2D eigenvalue weighted by atomic mass is 10.1. The molecule has 0 unspecified atom stereocenters. The van der Waals surface area contributed by atoms with Crippen molar-refractivity contribution < 1.29 is 4.74 Å². The van der Waals surface area contributed by atoms with Gasteiger partial charge in [0.25, 0.3) is 0 Å². The van der Waals surface area contributed by atoms with Crippen molar-refractivity contribution in [1.29, 1.82) is 0 Å². The Balaban J connectivity index is 2.06. The molecule has 2 N–H and O–H groups in total. The maximum absolute atomic E-state index is 6.07. The molecule has 4 nitrogen and oxygen atoms in total. The van der Waals surface area contributed by atoms with Gasteiger partial charge < -0.3 is 15.4 Å². The topological polar surface area (TPSA) is 51.4 Å². The van der Waals surface area contributed by atoms with Gasteiger partial charge in [0.1, 0.15) is 11.6 Å². The largest absolute Gasteiger partial charge is 0.497 e. The highest BCUT2D eigenvalue weighted by Gasteiger charge is 2.19. The van der Waals surface area contributed by atoms with Crippen LogP contribution in [-0.2, 0) is 0 Å². The van der Waals surface area contributed by atoms with E-state index in [0.29, 0.717) is 0 Å². The Labute approximate surface area is 113 Å². The lowest BCUT2D eigenvalue weighted by Crippen LogP contribution is -2.43. The summed E-state index contributed by atoms with van der Waals surface area (Å²) in [5.74, 6) is 1.88. The number of nitrogens with two attached hydrogens (primary N) is 1. The summed E-state index contributed by atoms with van der Waals surface area (Å²) in [4.78, 5) is 6.84. The first kappa shape index (κ1) is 12.2. The lowest BCUT2D eigenvalue weighted by molar-refractivity contribution is 0.415. The third-order valence-electron chi connectivity index (χ3n) is 3.71. The molecule has 3 rings (SSSR count). The molecule has 0 saturated carbocycles. The molecule has 4 heteroatoms. The zero-order chi connectivity index (χ0) is 13.2. The Morgan fingerprint density at radius 3 is 3.05 bits per heavy atom. The number of aromatic nitrogens is 1. The average molecular weight is 257 g/mol. The van der Waals surface area contributed by atoms with E-state index in [-0.39, 0.29) is 6.04 Å². The summed E-state index contributed by atoms with van der Waals surface area (Å²) in [5, 5.41) is 2.32. The Morgan fingerprint density at radius 2 is 2.26 bits per heavy atom. The fourth-order valence-electron chi connectivity index (χ4n) is 2.71. The summed E-state index contributed by atoms with van der Waals surface area (Å²) in [6, 6.07) is 8.38. The maximum Gasteiger partial charge on any atom is 0.136 e. The van der Waals surface area contributed by atoms with E-state index >= 15 is 0 Å². The van der Waals surface area contributed by atoms with Crippen LogP contribution in [0.2, 0.25) is 0 Å². The molecule has 1 aromatic carbocycles. The van der Waals surface area contributed by atoms with Crippen LogP contribution in [0, 0.1) is 0 Å². The molecule has 0 aliphatic carbocycles. The Kier molecular flexibility index (Phi) is 3.25. The molecule has 19 heavy (non-hydrogen) atoms. The number of benzene rings is 1. The van der Waals surface area contributed by atoms with Crippen molar-refractivity contribution in [3.63, 3.8) is 0 Å². The van der Waals surface area contributed by atoms with Crippen LogP contribution in [-0.4, -0.2) is 31.2 Å². The zero-order valence-corrected chi connectivity index (χ0v) is 11.2. The molecule has 2 aromatic rings. The van der Waals surface area contributed by atoms with Crippen molar-refractivity contribution in [2.45, 2.75) is 18.9 Å². The highest BCUT2D eigenvalue weighted by Crippen LogP contribution is 2.29. The van der Waals surface area contributed by atoms with Crippen molar-refractivity contribution in [2.75, 3.05) is 25.1 Å². The van der Waals surface area contributed by atoms with Gasteiger partial charge in [-0.1, -0.05) is 6.07 Å². The molecule has 0 amide bonds. The number of ether oxygens (including phenoxy) is 1. The number of methoxy groups -OCH3 is 1. The molecule has 1 aliphatic heterocycles. The van der Waals surface area contributed by atoms with Crippen molar-refractivity contribution in [3.05, 3.63) is 30.5 Å². The second-order valence-electron chi connectivity index (χ2n) is 5.07. The van der Waals surface area contributed by atoms with Crippen molar-refractivity contribution in [3.8, 4) is 5.75 Å². The van der Waals surface area contributed by atoms with Crippen LogP contribution in [0.25, 0.3) is 10.8 Å². The van der Waals surface area contributed by atoms with E-state index in [9.17, 15) is 0 Å².